The lowest BCUT2D eigenvalue weighted by Gasteiger charge is -2.27. The fourth-order valence-electron chi connectivity index (χ4n) is 2.82. The zero-order valence-corrected chi connectivity index (χ0v) is 16.4. The molecular formula is C21H28ClNO3. The Morgan fingerprint density at radius 3 is 2.42 bits per heavy atom. The molecule has 5 heteroatoms. The lowest BCUT2D eigenvalue weighted by atomic mass is 10.1. The van der Waals surface area contributed by atoms with E-state index in [0.29, 0.717) is 23.2 Å². The molecule has 2 aromatic carbocycles. The zero-order valence-electron chi connectivity index (χ0n) is 15.7. The topological polar surface area (TPSA) is 41.9 Å². The van der Waals surface area contributed by atoms with Crippen LogP contribution in [0.3, 0.4) is 0 Å². The lowest BCUT2D eigenvalue weighted by Crippen LogP contribution is -2.37. The summed E-state index contributed by atoms with van der Waals surface area (Å²) in [6.45, 7) is 6.80. The summed E-state index contributed by atoms with van der Waals surface area (Å²) in [4.78, 5) is 2.25. The van der Waals surface area contributed by atoms with Gasteiger partial charge in [-0.3, -0.25) is 4.90 Å². The van der Waals surface area contributed by atoms with E-state index in [2.05, 4.69) is 24.8 Å². The first-order valence-corrected chi connectivity index (χ1v) is 9.25. The predicted molar refractivity (Wildman–Crippen MR) is 106 cm³/mol. The van der Waals surface area contributed by atoms with Crippen LogP contribution in [0.2, 0.25) is 5.02 Å². The number of hydrogen-bond donors (Lipinski definition) is 1. The van der Waals surface area contributed by atoms with Crippen molar-refractivity contribution >= 4 is 11.6 Å². The molecule has 142 valence electrons. The van der Waals surface area contributed by atoms with Gasteiger partial charge in [0.15, 0.2) is 0 Å². The van der Waals surface area contributed by atoms with Crippen LogP contribution in [0.1, 0.15) is 19.4 Å². The molecule has 0 saturated heterocycles. The molecule has 0 fully saturated rings. The Bertz CT molecular complexity index is 661. The fourth-order valence-corrected chi connectivity index (χ4v) is 2.95. The number of methoxy groups -OCH3 is 1. The quantitative estimate of drug-likeness (QED) is 0.672. The number of aliphatic hydroxyl groups is 1. The Morgan fingerprint density at radius 2 is 1.77 bits per heavy atom. The molecule has 26 heavy (non-hydrogen) atoms. The molecule has 1 atom stereocenters. The van der Waals surface area contributed by atoms with Gasteiger partial charge in [-0.2, -0.15) is 0 Å². The van der Waals surface area contributed by atoms with E-state index in [0.717, 1.165) is 24.4 Å². The van der Waals surface area contributed by atoms with Gasteiger partial charge in [-0.25, -0.2) is 0 Å². The summed E-state index contributed by atoms with van der Waals surface area (Å²) in [6, 6.07) is 15.2. The summed E-state index contributed by atoms with van der Waals surface area (Å²) >= 11 is 5.87. The van der Waals surface area contributed by atoms with Crippen LogP contribution < -0.4 is 9.47 Å². The highest BCUT2D eigenvalue weighted by Crippen LogP contribution is 2.17. The number of rotatable bonds is 10. The summed E-state index contributed by atoms with van der Waals surface area (Å²) in [7, 11) is 1.67. The van der Waals surface area contributed by atoms with Crippen molar-refractivity contribution in [1.82, 2.24) is 4.90 Å². The second-order valence-corrected chi connectivity index (χ2v) is 7.29. The number of nitrogens with zero attached hydrogens (tertiary/aromatic N) is 1. The number of halogens is 1. The van der Waals surface area contributed by atoms with E-state index in [1.165, 1.54) is 0 Å². The van der Waals surface area contributed by atoms with Crippen molar-refractivity contribution < 1.29 is 14.6 Å². The van der Waals surface area contributed by atoms with Crippen LogP contribution in [-0.2, 0) is 6.54 Å². The summed E-state index contributed by atoms with van der Waals surface area (Å²) in [5.41, 5.74) is 1.16. The van der Waals surface area contributed by atoms with Crippen molar-refractivity contribution in [3.63, 3.8) is 0 Å². The monoisotopic (exact) mass is 377 g/mol. The molecular weight excluding hydrogens is 350 g/mol. The van der Waals surface area contributed by atoms with E-state index < -0.39 is 6.10 Å². The molecule has 0 saturated carbocycles. The van der Waals surface area contributed by atoms with Gasteiger partial charge in [0.05, 0.1) is 7.11 Å². The van der Waals surface area contributed by atoms with Gasteiger partial charge in [0.25, 0.3) is 0 Å². The Balaban J connectivity index is 1.91. The molecule has 2 rings (SSSR count). The third-order valence-electron chi connectivity index (χ3n) is 3.89. The number of benzene rings is 2. The van der Waals surface area contributed by atoms with Crippen molar-refractivity contribution in [2.45, 2.75) is 26.5 Å². The Hall–Kier alpha value is -1.75. The minimum Gasteiger partial charge on any atom is -0.497 e. The van der Waals surface area contributed by atoms with Crippen molar-refractivity contribution in [3.8, 4) is 11.5 Å². The normalized spacial score (nSPS) is 12.4. The fraction of sp³-hybridized carbons (Fsp3) is 0.429. The van der Waals surface area contributed by atoms with Gasteiger partial charge < -0.3 is 14.6 Å². The maximum Gasteiger partial charge on any atom is 0.119 e. The number of hydrogen-bond acceptors (Lipinski definition) is 4. The highest BCUT2D eigenvalue weighted by Gasteiger charge is 2.15. The van der Waals surface area contributed by atoms with E-state index in [-0.39, 0.29) is 6.61 Å². The molecule has 0 radical (unpaired) electrons. The molecule has 0 aromatic heterocycles. The van der Waals surface area contributed by atoms with E-state index >= 15 is 0 Å². The Labute approximate surface area is 161 Å². The van der Waals surface area contributed by atoms with Crippen LogP contribution in [0.15, 0.2) is 48.5 Å². The molecule has 0 heterocycles. The van der Waals surface area contributed by atoms with Crippen molar-refractivity contribution in [2.24, 2.45) is 5.92 Å². The first kappa shape index (κ1) is 20.6. The maximum absolute atomic E-state index is 10.4. The maximum atomic E-state index is 10.4. The van der Waals surface area contributed by atoms with Gasteiger partial charge in [0.1, 0.15) is 24.2 Å². The molecule has 0 aliphatic carbocycles. The molecule has 0 aliphatic heterocycles. The van der Waals surface area contributed by atoms with Gasteiger partial charge in [0, 0.05) is 24.7 Å². The van der Waals surface area contributed by atoms with Gasteiger partial charge in [-0.1, -0.05) is 37.6 Å². The zero-order chi connectivity index (χ0) is 18.9. The third-order valence-corrected chi connectivity index (χ3v) is 4.14. The standard InChI is InChI=1S/C21H28ClNO3/c1-16(2)12-23(13-17-5-4-6-21(11-17)25-3)14-19(24)15-26-20-9-7-18(22)8-10-20/h4-11,16,19,24H,12-15H2,1-3H3. The average Bonchev–Trinajstić information content (AvgIpc) is 2.61. The van der Waals surface area contributed by atoms with Crippen molar-refractivity contribution in [2.75, 3.05) is 26.8 Å². The largest absolute Gasteiger partial charge is 0.497 e. The van der Waals surface area contributed by atoms with E-state index in [1.807, 2.05) is 18.2 Å². The SMILES string of the molecule is COc1cccc(CN(CC(C)C)CC(O)COc2ccc(Cl)cc2)c1. The van der Waals surface area contributed by atoms with Crippen molar-refractivity contribution in [1.29, 1.82) is 0 Å². The van der Waals surface area contributed by atoms with Crippen LogP contribution in [0.5, 0.6) is 11.5 Å². The molecule has 1 unspecified atom stereocenters. The summed E-state index contributed by atoms with van der Waals surface area (Å²) in [5, 5.41) is 11.1. The summed E-state index contributed by atoms with van der Waals surface area (Å²) < 4.78 is 11.0. The van der Waals surface area contributed by atoms with E-state index in [4.69, 9.17) is 21.1 Å². The Kier molecular flexibility index (Phi) is 8.23. The molecule has 0 aliphatic rings. The number of ether oxygens (including phenoxy) is 2. The first-order valence-electron chi connectivity index (χ1n) is 8.88. The van der Waals surface area contributed by atoms with Gasteiger partial charge in [0.2, 0.25) is 0 Å². The van der Waals surface area contributed by atoms with Crippen LogP contribution >= 0.6 is 11.6 Å². The van der Waals surface area contributed by atoms with E-state index in [1.54, 1.807) is 31.4 Å². The molecule has 0 amide bonds. The smallest absolute Gasteiger partial charge is 0.119 e. The van der Waals surface area contributed by atoms with Crippen LogP contribution in [0, 0.1) is 5.92 Å². The van der Waals surface area contributed by atoms with E-state index in [9.17, 15) is 5.11 Å². The van der Waals surface area contributed by atoms with Gasteiger partial charge in [-0.15, -0.1) is 0 Å². The Morgan fingerprint density at radius 1 is 1.04 bits per heavy atom. The average molecular weight is 378 g/mol. The van der Waals surface area contributed by atoms with Crippen LogP contribution in [-0.4, -0.2) is 42.9 Å². The first-order chi connectivity index (χ1) is 12.5. The van der Waals surface area contributed by atoms with Crippen LogP contribution in [0.4, 0.5) is 0 Å². The molecule has 2 aromatic rings. The molecule has 1 N–H and O–H groups in total. The second-order valence-electron chi connectivity index (χ2n) is 6.86. The highest BCUT2D eigenvalue weighted by molar-refractivity contribution is 6.30. The second kappa shape index (κ2) is 10.4. The van der Waals surface area contributed by atoms with Crippen LogP contribution in [0.25, 0.3) is 0 Å². The predicted octanol–water partition coefficient (Wildman–Crippen LogP) is 4.25. The minimum absolute atomic E-state index is 0.244. The third kappa shape index (κ3) is 7.24. The summed E-state index contributed by atoms with van der Waals surface area (Å²) in [6.07, 6.45) is -0.574. The molecule has 4 nitrogen and oxygen atoms in total. The van der Waals surface area contributed by atoms with Gasteiger partial charge >= 0.3 is 0 Å². The lowest BCUT2D eigenvalue weighted by molar-refractivity contribution is 0.0615. The summed E-state index contributed by atoms with van der Waals surface area (Å²) in [5.74, 6) is 2.06. The minimum atomic E-state index is -0.574. The van der Waals surface area contributed by atoms with Crippen molar-refractivity contribution in [3.05, 3.63) is 59.1 Å². The van der Waals surface area contributed by atoms with Gasteiger partial charge in [-0.05, 0) is 47.9 Å². The molecule has 0 bridgehead atoms. The number of aliphatic hydroxyl groups excluding tert-OH is 1. The highest BCUT2D eigenvalue weighted by atomic mass is 35.5. The molecule has 0 spiro atoms.